The summed E-state index contributed by atoms with van der Waals surface area (Å²) in [6, 6.07) is 9.24. The number of hydrogen-bond acceptors (Lipinski definition) is 3. The molecule has 0 fully saturated rings. The molecule has 2 aromatic rings. The van der Waals surface area contributed by atoms with Gasteiger partial charge < -0.3 is 15.2 Å². The number of nitrogens with zero attached hydrogens (tertiary/aromatic N) is 2. The lowest BCUT2D eigenvalue weighted by atomic mass is 10.0. The molecule has 0 spiro atoms. The van der Waals surface area contributed by atoms with Crippen molar-refractivity contribution in [2.75, 3.05) is 11.9 Å². The van der Waals surface area contributed by atoms with E-state index in [9.17, 15) is 9.59 Å². The van der Waals surface area contributed by atoms with Crippen molar-refractivity contribution >= 4 is 29.2 Å². The molecule has 124 valence electrons. The van der Waals surface area contributed by atoms with E-state index in [-0.39, 0.29) is 11.8 Å². The number of aromatic amines is 1. The molecule has 3 heterocycles. The number of hydrogen-bond donors (Lipinski definition) is 2. The minimum atomic E-state index is -0.178. The fourth-order valence-electron chi connectivity index (χ4n) is 3.36. The number of carbonyl (C=O) groups is 2. The van der Waals surface area contributed by atoms with E-state index in [1.165, 1.54) is 0 Å². The number of H-pyrrole nitrogens is 1. The van der Waals surface area contributed by atoms with E-state index in [4.69, 9.17) is 5.26 Å². The summed E-state index contributed by atoms with van der Waals surface area (Å²) >= 11 is 0. The monoisotopic (exact) mass is 332 g/mol. The molecular formula is C19H16N4O2. The van der Waals surface area contributed by atoms with Gasteiger partial charge in [-0.05, 0) is 35.9 Å². The Bertz CT molecular complexity index is 978. The van der Waals surface area contributed by atoms with Crippen LogP contribution in [0.25, 0.3) is 11.6 Å². The Morgan fingerprint density at radius 1 is 1.36 bits per heavy atom. The molecule has 2 aliphatic rings. The summed E-state index contributed by atoms with van der Waals surface area (Å²) in [5, 5.41) is 11.9. The molecule has 1 aromatic heterocycles. The van der Waals surface area contributed by atoms with Crippen molar-refractivity contribution in [2.24, 2.45) is 0 Å². The van der Waals surface area contributed by atoms with Crippen molar-refractivity contribution in [1.82, 2.24) is 9.88 Å². The van der Waals surface area contributed by atoms with Crippen molar-refractivity contribution in [1.29, 1.82) is 5.26 Å². The van der Waals surface area contributed by atoms with Crippen LogP contribution in [0.5, 0.6) is 0 Å². The highest BCUT2D eigenvalue weighted by molar-refractivity contribution is 6.34. The Morgan fingerprint density at radius 3 is 2.96 bits per heavy atom. The summed E-state index contributed by atoms with van der Waals surface area (Å²) in [5.74, 6) is -0.108. The molecule has 0 unspecified atom stereocenters. The number of nitriles is 1. The molecule has 0 radical (unpaired) electrons. The van der Waals surface area contributed by atoms with Gasteiger partial charge in [0.25, 0.3) is 5.91 Å². The van der Waals surface area contributed by atoms with Gasteiger partial charge in [0.2, 0.25) is 5.91 Å². The summed E-state index contributed by atoms with van der Waals surface area (Å²) in [4.78, 5) is 29.0. The number of anilines is 1. The molecule has 2 N–H and O–H groups in total. The highest BCUT2D eigenvalue weighted by atomic mass is 16.2. The van der Waals surface area contributed by atoms with Gasteiger partial charge in [0.15, 0.2) is 0 Å². The van der Waals surface area contributed by atoms with Crippen LogP contribution in [0.15, 0.2) is 24.3 Å². The summed E-state index contributed by atoms with van der Waals surface area (Å²) < 4.78 is 0. The maximum atomic E-state index is 12.3. The fourth-order valence-corrected chi connectivity index (χ4v) is 3.36. The standard InChI is InChI=1S/C19H16N4O2/c1-11(24)23-5-4-17-13(10-23)7-14(21-17)8-16-15-6-12(9-20)2-3-18(15)22-19(16)25/h2-3,6-8,21H,4-5,10H2,1H3,(H,22,25)/b16-8-. The minimum Gasteiger partial charge on any atom is -0.359 e. The summed E-state index contributed by atoms with van der Waals surface area (Å²) in [6.45, 7) is 2.87. The van der Waals surface area contributed by atoms with E-state index in [0.717, 1.165) is 28.9 Å². The molecule has 2 aliphatic heterocycles. The normalized spacial score (nSPS) is 17.0. The van der Waals surface area contributed by atoms with Crippen LogP contribution in [0.3, 0.4) is 0 Å². The van der Waals surface area contributed by atoms with Gasteiger partial charge in [-0.2, -0.15) is 5.26 Å². The smallest absolute Gasteiger partial charge is 0.256 e. The zero-order valence-corrected chi connectivity index (χ0v) is 13.7. The minimum absolute atomic E-state index is 0.0693. The summed E-state index contributed by atoms with van der Waals surface area (Å²) in [6.07, 6.45) is 2.58. The van der Waals surface area contributed by atoms with Gasteiger partial charge in [0.05, 0.1) is 17.2 Å². The van der Waals surface area contributed by atoms with Gasteiger partial charge >= 0.3 is 0 Å². The van der Waals surface area contributed by atoms with E-state index in [0.29, 0.717) is 29.9 Å². The maximum Gasteiger partial charge on any atom is 0.256 e. The quantitative estimate of drug-likeness (QED) is 0.785. The second-order valence-corrected chi connectivity index (χ2v) is 6.30. The van der Waals surface area contributed by atoms with Gasteiger partial charge in [-0.15, -0.1) is 0 Å². The average molecular weight is 332 g/mol. The molecular weight excluding hydrogens is 316 g/mol. The van der Waals surface area contributed by atoms with Crippen molar-refractivity contribution in [3.05, 3.63) is 52.3 Å². The first-order chi connectivity index (χ1) is 12.0. The largest absolute Gasteiger partial charge is 0.359 e. The molecule has 2 amide bonds. The molecule has 0 aliphatic carbocycles. The van der Waals surface area contributed by atoms with Gasteiger partial charge in [0, 0.05) is 49.1 Å². The van der Waals surface area contributed by atoms with Crippen LogP contribution >= 0.6 is 0 Å². The number of fused-ring (bicyclic) bond motifs is 2. The van der Waals surface area contributed by atoms with Crippen molar-refractivity contribution < 1.29 is 9.59 Å². The van der Waals surface area contributed by atoms with Crippen LogP contribution < -0.4 is 5.32 Å². The highest BCUT2D eigenvalue weighted by Crippen LogP contribution is 2.34. The van der Waals surface area contributed by atoms with E-state index in [1.54, 1.807) is 31.2 Å². The number of carbonyl (C=O) groups excluding carboxylic acids is 2. The Labute approximate surface area is 144 Å². The third-order valence-electron chi connectivity index (χ3n) is 4.68. The Kier molecular flexibility index (Phi) is 3.43. The first-order valence-corrected chi connectivity index (χ1v) is 8.09. The predicted octanol–water partition coefficient (Wildman–Crippen LogP) is 2.28. The second kappa shape index (κ2) is 5.64. The lowest BCUT2D eigenvalue weighted by molar-refractivity contribution is -0.129. The van der Waals surface area contributed by atoms with Crippen LogP contribution in [-0.4, -0.2) is 28.2 Å². The molecule has 25 heavy (non-hydrogen) atoms. The van der Waals surface area contributed by atoms with E-state index in [1.807, 2.05) is 11.0 Å². The number of aromatic nitrogens is 1. The molecule has 4 rings (SSSR count). The SMILES string of the molecule is CC(=O)N1CCc2[nH]c(/C=C3\C(=O)Nc4ccc(C#N)cc43)cc2C1. The fraction of sp³-hybridized carbons (Fsp3) is 0.211. The lowest BCUT2D eigenvalue weighted by Crippen LogP contribution is -2.33. The molecule has 6 heteroatoms. The third kappa shape index (κ3) is 2.60. The lowest BCUT2D eigenvalue weighted by Gasteiger charge is -2.25. The van der Waals surface area contributed by atoms with Gasteiger partial charge in [0.1, 0.15) is 0 Å². The van der Waals surface area contributed by atoms with E-state index >= 15 is 0 Å². The van der Waals surface area contributed by atoms with Gasteiger partial charge in [-0.25, -0.2) is 0 Å². The van der Waals surface area contributed by atoms with Gasteiger partial charge in [-0.1, -0.05) is 0 Å². The van der Waals surface area contributed by atoms with Crippen LogP contribution in [0.4, 0.5) is 5.69 Å². The topological polar surface area (TPSA) is 89.0 Å². The Balaban J connectivity index is 1.70. The highest BCUT2D eigenvalue weighted by Gasteiger charge is 2.25. The van der Waals surface area contributed by atoms with Crippen molar-refractivity contribution in [3.63, 3.8) is 0 Å². The maximum absolute atomic E-state index is 12.3. The third-order valence-corrected chi connectivity index (χ3v) is 4.68. The molecule has 0 saturated carbocycles. The zero-order chi connectivity index (χ0) is 17.6. The summed E-state index contributed by atoms with van der Waals surface area (Å²) in [5.41, 5.74) is 5.52. The van der Waals surface area contributed by atoms with Crippen molar-refractivity contribution in [3.8, 4) is 6.07 Å². The molecule has 0 atom stereocenters. The van der Waals surface area contributed by atoms with Crippen LogP contribution in [0, 0.1) is 11.3 Å². The second-order valence-electron chi connectivity index (χ2n) is 6.30. The number of amides is 2. The van der Waals surface area contributed by atoms with Crippen LogP contribution in [0.2, 0.25) is 0 Å². The van der Waals surface area contributed by atoms with E-state index < -0.39 is 0 Å². The Morgan fingerprint density at radius 2 is 2.20 bits per heavy atom. The first kappa shape index (κ1) is 15.2. The van der Waals surface area contributed by atoms with E-state index in [2.05, 4.69) is 16.4 Å². The molecule has 6 nitrogen and oxygen atoms in total. The molecule has 0 saturated heterocycles. The molecule has 0 bridgehead atoms. The predicted molar refractivity (Wildman–Crippen MR) is 93.2 cm³/mol. The van der Waals surface area contributed by atoms with Crippen LogP contribution in [0.1, 0.15) is 35.0 Å². The number of nitrogens with one attached hydrogen (secondary N) is 2. The summed E-state index contributed by atoms with van der Waals surface area (Å²) in [7, 11) is 0. The number of benzene rings is 1. The average Bonchev–Trinajstić information content (AvgIpc) is 3.14. The Hall–Kier alpha value is -3.33. The van der Waals surface area contributed by atoms with Crippen LogP contribution in [-0.2, 0) is 22.6 Å². The van der Waals surface area contributed by atoms with Crippen molar-refractivity contribution in [2.45, 2.75) is 19.9 Å². The van der Waals surface area contributed by atoms with Gasteiger partial charge in [-0.3, -0.25) is 9.59 Å². The zero-order valence-electron chi connectivity index (χ0n) is 13.7. The molecule has 1 aromatic carbocycles. The number of rotatable bonds is 1. The first-order valence-electron chi connectivity index (χ1n) is 8.09.